The number of carbonyl (C=O) groups excluding carboxylic acids is 1. The summed E-state index contributed by atoms with van der Waals surface area (Å²) in [7, 11) is 0. The number of nitrogens with one attached hydrogen (secondary N) is 2. The molecule has 1 fully saturated rings. The number of hydrogen-bond donors (Lipinski definition) is 3. The molecule has 2 atom stereocenters. The predicted molar refractivity (Wildman–Crippen MR) is 78.4 cm³/mol. The first-order valence-corrected chi connectivity index (χ1v) is 7.14. The highest BCUT2D eigenvalue weighted by atomic mass is 16.5. The first kappa shape index (κ1) is 16.3. The molecule has 7 nitrogen and oxygen atoms in total. The van der Waals surface area contributed by atoms with Gasteiger partial charge >= 0.3 is 12.0 Å². The second-order valence-electron chi connectivity index (χ2n) is 5.03. The number of carboxylic acid groups (broad SMARTS) is 1. The van der Waals surface area contributed by atoms with Crippen LogP contribution in [0, 0.1) is 0 Å². The van der Waals surface area contributed by atoms with E-state index in [1.807, 2.05) is 30.3 Å². The second kappa shape index (κ2) is 8.35. The minimum Gasteiger partial charge on any atom is -0.480 e. The molecule has 120 valence electrons. The van der Waals surface area contributed by atoms with Gasteiger partial charge in [0.2, 0.25) is 0 Å². The zero-order chi connectivity index (χ0) is 15.8. The zero-order valence-electron chi connectivity index (χ0n) is 12.2. The highest BCUT2D eigenvalue weighted by molar-refractivity contribution is 5.74. The van der Waals surface area contributed by atoms with E-state index in [1.165, 1.54) is 0 Å². The van der Waals surface area contributed by atoms with Gasteiger partial charge in [-0.2, -0.15) is 0 Å². The van der Waals surface area contributed by atoms with Crippen LogP contribution in [-0.4, -0.2) is 49.1 Å². The van der Waals surface area contributed by atoms with Gasteiger partial charge in [-0.1, -0.05) is 30.3 Å². The van der Waals surface area contributed by atoms with E-state index in [-0.39, 0.29) is 18.7 Å². The summed E-state index contributed by atoms with van der Waals surface area (Å²) >= 11 is 0. The van der Waals surface area contributed by atoms with E-state index in [0.29, 0.717) is 19.6 Å². The summed E-state index contributed by atoms with van der Waals surface area (Å²) in [5.41, 5.74) is 1.00. The highest BCUT2D eigenvalue weighted by Gasteiger charge is 2.28. The standard InChI is InChI=1S/C15H20N2O5/c18-14(19)10-22-13-9-21-7-6-12(13)17-15(20)16-8-11-4-2-1-3-5-11/h1-5,12-13H,6-10H2,(H,18,19)(H2,16,17,20)/t12-,13-/m1/s1. The average Bonchev–Trinajstić information content (AvgIpc) is 2.53. The molecule has 0 aromatic heterocycles. The summed E-state index contributed by atoms with van der Waals surface area (Å²) in [6, 6.07) is 9.01. The van der Waals surface area contributed by atoms with E-state index in [4.69, 9.17) is 14.6 Å². The van der Waals surface area contributed by atoms with Crippen LogP contribution in [-0.2, 0) is 20.8 Å². The summed E-state index contributed by atoms with van der Waals surface area (Å²) in [5.74, 6) is -1.04. The Morgan fingerprint density at radius 3 is 2.82 bits per heavy atom. The third-order valence-electron chi connectivity index (χ3n) is 3.34. The molecule has 0 unspecified atom stereocenters. The fourth-order valence-electron chi connectivity index (χ4n) is 2.22. The molecule has 0 spiro atoms. The largest absolute Gasteiger partial charge is 0.480 e. The molecule has 22 heavy (non-hydrogen) atoms. The normalized spacial score (nSPS) is 21.1. The van der Waals surface area contributed by atoms with Gasteiger partial charge in [0.25, 0.3) is 0 Å². The van der Waals surface area contributed by atoms with Crippen LogP contribution in [0.5, 0.6) is 0 Å². The minimum atomic E-state index is -1.04. The molecule has 1 heterocycles. The predicted octanol–water partition coefficient (Wildman–Crippen LogP) is 0.745. The molecule has 2 amide bonds. The fourth-order valence-corrected chi connectivity index (χ4v) is 2.22. The Kier molecular flexibility index (Phi) is 6.17. The third kappa shape index (κ3) is 5.34. The molecular weight excluding hydrogens is 288 g/mol. The maximum atomic E-state index is 11.9. The summed E-state index contributed by atoms with van der Waals surface area (Å²) < 4.78 is 10.5. The van der Waals surface area contributed by atoms with Crippen LogP contribution < -0.4 is 10.6 Å². The maximum Gasteiger partial charge on any atom is 0.329 e. The van der Waals surface area contributed by atoms with E-state index < -0.39 is 18.7 Å². The molecule has 1 aromatic carbocycles. The lowest BCUT2D eigenvalue weighted by atomic mass is 10.1. The number of carboxylic acids is 1. The van der Waals surface area contributed by atoms with Crippen LogP contribution in [0.3, 0.4) is 0 Å². The van der Waals surface area contributed by atoms with Crippen molar-refractivity contribution in [3.05, 3.63) is 35.9 Å². The Labute approximate surface area is 128 Å². The summed E-state index contributed by atoms with van der Waals surface area (Å²) in [6.45, 7) is 0.807. The van der Waals surface area contributed by atoms with Crippen molar-refractivity contribution >= 4 is 12.0 Å². The Bertz CT molecular complexity index is 494. The Morgan fingerprint density at radius 2 is 2.09 bits per heavy atom. The van der Waals surface area contributed by atoms with E-state index in [0.717, 1.165) is 5.56 Å². The lowest BCUT2D eigenvalue weighted by molar-refractivity contribution is -0.148. The van der Waals surface area contributed by atoms with E-state index in [2.05, 4.69) is 10.6 Å². The molecule has 3 N–H and O–H groups in total. The van der Waals surface area contributed by atoms with Gasteiger partial charge in [0.05, 0.1) is 12.6 Å². The molecule has 0 aliphatic carbocycles. The molecule has 1 saturated heterocycles. The molecule has 1 aliphatic rings. The number of urea groups is 1. The minimum absolute atomic E-state index is 0.260. The van der Waals surface area contributed by atoms with Crippen LogP contribution >= 0.6 is 0 Å². The van der Waals surface area contributed by atoms with Crippen molar-refractivity contribution in [3.8, 4) is 0 Å². The van der Waals surface area contributed by atoms with Gasteiger partial charge in [-0.05, 0) is 12.0 Å². The number of carbonyl (C=O) groups is 2. The number of benzene rings is 1. The van der Waals surface area contributed by atoms with E-state index in [9.17, 15) is 9.59 Å². The highest BCUT2D eigenvalue weighted by Crippen LogP contribution is 2.11. The molecule has 7 heteroatoms. The Balaban J connectivity index is 1.79. The summed E-state index contributed by atoms with van der Waals surface area (Å²) in [5, 5.41) is 14.2. The molecule has 1 aromatic rings. The van der Waals surface area contributed by atoms with Crippen LogP contribution in [0.25, 0.3) is 0 Å². The third-order valence-corrected chi connectivity index (χ3v) is 3.34. The quantitative estimate of drug-likeness (QED) is 0.720. The number of hydrogen-bond acceptors (Lipinski definition) is 4. The first-order valence-electron chi connectivity index (χ1n) is 7.14. The smallest absolute Gasteiger partial charge is 0.329 e. The van der Waals surface area contributed by atoms with Gasteiger partial charge in [-0.15, -0.1) is 0 Å². The Hall–Kier alpha value is -2.12. The topological polar surface area (TPSA) is 96.9 Å². The monoisotopic (exact) mass is 308 g/mol. The van der Waals surface area contributed by atoms with Crippen LogP contribution in [0.15, 0.2) is 30.3 Å². The van der Waals surface area contributed by atoms with Crippen LogP contribution in [0.1, 0.15) is 12.0 Å². The number of amides is 2. The van der Waals surface area contributed by atoms with Crippen LogP contribution in [0.2, 0.25) is 0 Å². The molecule has 0 radical (unpaired) electrons. The number of rotatable bonds is 6. The average molecular weight is 308 g/mol. The molecule has 1 aliphatic heterocycles. The van der Waals surface area contributed by atoms with Gasteiger partial charge in [-0.3, -0.25) is 0 Å². The first-order chi connectivity index (χ1) is 10.6. The van der Waals surface area contributed by atoms with Crippen molar-refractivity contribution in [1.29, 1.82) is 0 Å². The van der Waals surface area contributed by atoms with E-state index >= 15 is 0 Å². The maximum absolute atomic E-state index is 11.9. The van der Waals surface area contributed by atoms with Crippen molar-refractivity contribution in [2.24, 2.45) is 0 Å². The summed E-state index contributed by atoms with van der Waals surface area (Å²) in [4.78, 5) is 22.5. The lowest BCUT2D eigenvalue weighted by Crippen LogP contribution is -2.52. The Morgan fingerprint density at radius 1 is 1.32 bits per heavy atom. The van der Waals surface area contributed by atoms with E-state index in [1.54, 1.807) is 0 Å². The van der Waals surface area contributed by atoms with Crippen molar-refractivity contribution in [3.63, 3.8) is 0 Å². The van der Waals surface area contributed by atoms with Crippen molar-refractivity contribution in [2.45, 2.75) is 25.1 Å². The van der Waals surface area contributed by atoms with Gasteiger partial charge in [0.15, 0.2) is 0 Å². The molecular formula is C15H20N2O5. The number of aliphatic carboxylic acids is 1. The van der Waals surface area contributed by atoms with Crippen molar-refractivity contribution in [1.82, 2.24) is 10.6 Å². The van der Waals surface area contributed by atoms with Crippen molar-refractivity contribution in [2.75, 3.05) is 19.8 Å². The van der Waals surface area contributed by atoms with Gasteiger partial charge in [-0.25, -0.2) is 9.59 Å². The summed E-state index contributed by atoms with van der Waals surface area (Å²) in [6.07, 6.45) is 0.135. The molecule has 0 saturated carbocycles. The lowest BCUT2D eigenvalue weighted by Gasteiger charge is -2.31. The number of ether oxygens (including phenoxy) is 2. The van der Waals surface area contributed by atoms with Gasteiger partial charge in [0.1, 0.15) is 12.7 Å². The molecule has 2 rings (SSSR count). The van der Waals surface area contributed by atoms with Crippen molar-refractivity contribution < 1.29 is 24.2 Å². The zero-order valence-corrected chi connectivity index (χ0v) is 12.2. The van der Waals surface area contributed by atoms with Gasteiger partial charge < -0.3 is 25.2 Å². The molecule has 0 bridgehead atoms. The van der Waals surface area contributed by atoms with Crippen LogP contribution in [0.4, 0.5) is 4.79 Å². The van der Waals surface area contributed by atoms with Gasteiger partial charge in [0, 0.05) is 13.2 Å². The second-order valence-corrected chi connectivity index (χ2v) is 5.03. The fraction of sp³-hybridized carbons (Fsp3) is 0.467. The SMILES string of the molecule is O=C(O)CO[C@@H]1COCC[C@H]1NC(=O)NCc1ccccc1.